The molecule has 9 heteroatoms. The summed E-state index contributed by atoms with van der Waals surface area (Å²) in [6, 6.07) is 24.1. The predicted octanol–water partition coefficient (Wildman–Crippen LogP) is 4.35. The molecule has 0 spiro atoms. The molecule has 1 heterocycles. The number of hydrogen-bond donors (Lipinski definition) is 1. The van der Waals surface area contributed by atoms with E-state index in [2.05, 4.69) is 5.32 Å². The predicted molar refractivity (Wildman–Crippen MR) is 147 cm³/mol. The maximum atomic E-state index is 12.9. The van der Waals surface area contributed by atoms with Gasteiger partial charge in [0, 0.05) is 31.9 Å². The van der Waals surface area contributed by atoms with Gasteiger partial charge in [0.15, 0.2) is 0 Å². The van der Waals surface area contributed by atoms with Crippen LogP contribution in [0.1, 0.15) is 34.5 Å². The van der Waals surface area contributed by atoms with Gasteiger partial charge in [-0.15, -0.1) is 0 Å². The molecule has 0 aliphatic carbocycles. The number of anilines is 1. The molecule has 2 amide bonds. The SMILES string of the molecule is CCOC(=O)CN1CCN(C(=O)Nc2ccc(OC(c3ccccc3)c3ccccc3)c(C(=O)OC)c2)CC1. The minimum absolute atomic E-state index is 0.200. The van der Waals surface area contributed by atoms with Crippen molar-refractivity contribution in [1.82, 2.24) is 9.80 Å². The van der Waals surface area contributed by atoms with Gasteiger partial charge < -0.3 is 24.4 Å². The van der Waals surface area contributed by atoms with Crippen molar-refractivity contribution in [2.45, 2.75) is 13.0 Å². The Labute approximate surface area is 228 Å². The van der Waals surface area contributed by atoms with E-state index >= 15 is 0 Å². The van der Waals surface area contributed by atoms with Crippen molar-refractivity contribution in [2.24, 2.45) is 0 Å². The average molecular weight is 532 g/mol. The second kappa shape index (κ2) is 13.4. The summed E-state index contributed by atoms with van der Waals surface area (Å²) < 4.78 is 16.4. The number of methoxy groups -OCH3 is 1. The Bertz CT molecular complexity index is 1220. The summed E-state index contributed by atoms with van der Waals surface area (Å²) in [4.78, 5) is 41.0. The zero-order chi connectivity index (χ0) is 27.6. The first-order chi connectivity index (χ1) is 19.0. The highest BCUT2D eigenvalue weighted by Crippen LogP contribution is 2.32. The first-order valence-corrected chi connectivity index (χ1v) is 12.9. The maximum Gasteiger partial charge on any atom is 0.341 e. The fourth-order valence-corrected chi connectivity index (χ4v) is 4.39. The standard InChI is InChI=1S/C30H33N3O6/c1-3-38-27(34)21-32-16-18-33(19-17-32)30(36)31-24-14-15-26(25(20-24)29(35)37-2)39-28(22-10-6-4-7-11-22)23-12-8-5-9-13-23/h4-15,20,28H,3,16-19,21H2,1-2H3,(H,31,36). The van der Waals surface area contributed by atoms with E-state index < -0.39 is 12.1 Å². The summed E-state index contributed by atoms with van der Waals surface area (Å²) >= 11 is 0. The highest BCUT2D eigenvalue weighted by Gasteiger charge is 2.25. The lowest BCUT2D eigenvalue weighted by Gasteiger charge is -2.34. The highest BCUT2D eigenvalue weighted by molar-refractivity contribution is 5.96. The van der Waals surface area contributed by atoms with Gasteiger partial charge in [0.05, 0.1) is 20.3 Å². The van der Waals surface area contributed by atoms with Gasteiger partial charge in [0.25, 0.3) is 0 Å². The van der Waals surface area contributed by atoms with Gasteiger partial charge in [-0.2, -0.15) is 0 Å². The molecule has 0 atom stereocenters. The Morgan fingerprint density at radius 2 is 1.49 bits per heavy atom. The van der Waals surface area contributed by atoms with Gasteiger partial charge in [0.1, 0.15) is 17.4 Å². The molecule has 1 saturated heterocycles. The van der Waals surface area contributed by atoms with Crippen LogP contribution in [0.4, 0.5) is 10.5 Å². The number of piperazine rings is 1. The van der Waals surface area contributed by atoms with Crippen molar-refractivity contribution in [2.75, 3.05) is 51.8 Å². The fourth-order valence-electron chi connectivity index (χ4n) is 4.39. The summed E-state index contributed by atoms with van der Waals surface area (Å²) in [7, 11) is 1.30. The Hall–Kier alpha value is -4.37. The molecule has 0 saturated carbocycles. The van der Waals surface area contributed by atoms with Crippen molar-refractivity contribution in [3.63, 3.8) is 0 Å². The van der Waals surface area contributed by atoms with Crippen LogP contribution in [0.2, 0.25) is 0 Å². The monoisotopic (exact) mass is 531 g/mol. The molecule has 4 rings (SSSR count). The average Bonchev–Trinajstić information content (AvgIpc) is 2.97. The number of esters is 2. The number of rotatable bonds is 9. The number of hydrogen-bond acceptors (Lipinski definition) is 7. The fraction of sp³-hybridized carbons (Fsp3) is 0.300. The van der Waals surface area contributed by atoms with Crippen molar-refractivity contribution in [3.05, 3.63) is 95.6 Å². The Morgan fingerprint density at radius 1 is 0.872 bits per heavy atom. The van der Waals surface area contributed by atoms with E-state index in [1.54, 1.807) is 30.0 Å². The van der Waals surface area contributed by atoms with Gasteiger partial charge >= 0.3 is 18.0 Å². The van der Waals surface area contributed by atoms with E-state index in [0.29, 0.717) is 44.2 Å². The molecule has 1 aliphatic rings. The van der Waals surface area contributed by atoms with Crippen molar-refractivity contribution in [1.29, 1.82) is 0 Å². The lowest BCUT2D eigenvalue weighted by atomic mass is 10.0. The number of benzene rings is 3. The summed E-state index contributed by atoms with van der Waals surface area (Å²) in [6.45, 7) is 4.38. The van der Waals surface area contributed by atoms with Crippen LogP contribution in [0, 0.1) is 0 Å². The van der Waals surface area contributed by atoms with Crippen LogP contribution in [-0.4, -0.2) is 74.2 Å². The third-order valence-corrected chi connectivity index (χ3v) is 6.40. The van der Waals surface area contributed by atoms with Gasteiger partial charge in [0.2, 0.25) is 0 Å². The number of amides is 2. The number of ether oxygens (including phenoxy) is 3. The normalized spacial score (nSPS) is 13.6. The quantitative estimate of drug-likeness (QED) is 0.410. The lowest BCUT2D eigenvalue weighted by molar-refractivity contribution is -0.144. The van der Waals surface area contributed by atoms with Gasteiger partial charge in [-0.05, 0) is 36.2 Å². The molecule has 39 heavy (non-hydrogen) atoms. The molecular formula is C30H33N3O6. The third-order valence-electron chi connectivity index (χ3n) is 6.40. The van der Waals surface area contributed by atoms with Crippen LogP contribution < -0.4 is 10.1 Å². The molecule has 9 nitrogen and oxygen atoms in total. The Balaban J connectivity index is 1.48. The first kappa shape index (κ1) is 27.7. The van der Waals surface area contributed by atoms with Gasteiger partial charge in [-0.25, -0.2) is 9.59 Å². The van der Waals surface area contributed by atoms with Crippen LogP contribution in [0.5, 0.6) is 5.75 Å². The number of urea groups is 1. The largest absolute Gasteiger partial charge is 0.480 e. The lowest BCUT2D eigenvalue weighted by Crippen LogP contribution is -2.51. The number of nitrogens with zero attached hydrogens (tertiary/aromatic N) is 2. The molecule has 1 N–H and O–H groups in total. The van der Waals surface area contributed by atoms with E-state index in [9.17, 15) is 14.4 Å². The number of carbonyl (C=O) groups is 3. The van der Waals surface area contributed by atoms with Gasteiger partial charge in [-0.3, -0.25) is 9.69 Å². The molecule has 3 aromatic carbocycles. The van der Waals surface area contributed by atoms with Crippen molar-refractivity contribution >= 4 is 23.7 Å². The molecule has 0 unspecified atom stereocenters. The highest BCUT2D eigenvalue weighted by atomic mass is 16.5. The van der Waals surface area contributed by atoms with E-state index in [4.69, 9.17) is 14.2 Å². The maximum absolute atomic E-state index is 12.9. The Morgan fingerprint density at radius 3 is 2.05 bits per heavy atom. The molecule has 1 fully saturated rings. The number of carbonyl (C=O) groups excluding carboxylic acids is 3. The van der Waals surface area contributed by atoms with Gasteiger partial charge in [-0.1, -0.05) is 60.7 Å². The van der Waals surface area contributed by atoms with Crippen LogP contribution >= 0.6 is 0 Å². The zero-order valence-corrected chi connectivity index (χ0v) is 22.2. The molecule has 204 valence electrons. The summed E-state index contributed by atoms with van der Waals surface area (Å²) in [5.41, 5.74) is 2.50. The molecule has 0 aromatic heterocycles. The minimum Gasteiger partial charge on any atom is -0.480 e. The van der Waals surface area contributed by atoms with Crippen molar-refractivity contribution < 1.29 is 28.6 Å². The van der Waals surface area contributed by atoms with E-state index in [1.807, 2.05) is 65.6 Å². The third kappa shape index (κ3) is 7.36. The second-order valence-electron chi connectivity index (χ2n) is 9.02. The van der Waals surface area contributed by atoms with E-state index in [0.717, 1.165) is 11.1 Å². The second-order valence-corrected chi connectivity index (χ2v) is 9.02. The minimum atomic E-state index is -0.575. The van der Waals surface area contributed by atoms with Crippen LogP contribution in [-0.2, 0) is 14.3 Å². The van der Waals surface area contributed by atoms with Crippen molar-refractivity contribution in [3.8, 4) is 5.75 Å². The molecule has 0 radical (unpaired) electrons. The summed E-state index contributed by atoms with van der Waals surface area (Å²) in [6.07, 6.45) is -0.456. The summed E-state index contributed by atoms with van der Waals surface area (Å²) in [5, 5.41) is 2.86. The van der Waals surface area contributed by atoms with E-state index in [1.165, 1.54) is 7.11 Å². The molecule has 0 bridgehead atoms. The van der Waals surface area contributed by atoms with Crippen LogP contribution in [0.25, 0.3) is 0 Å². The molecule has 3 aromatic rings. The number of nitrogens with one attached hydrogen (secondary N) is 1. The Kier molecular flexibility index (Phi) is 9.53. The smallest absolute Gasteiger partial charge is 0.341 e. The topological polar surface area (TPSA) is 97.4 Å². The zero-order valence-electron chi connectivity index (χ0n) is 22.2. The molecule has 1 aliphatic heterocycles. The van der Waals surface area contributed by atoms with Crippen LogP contribution in [0.15, 0.2) is 78.9 Å². The van der Waals surface area contributed by atoms with E-state index in [-0.39, 0.29) is 24.1 Å². The molecular weight excluding hydrogens is 498 g/mol. The first-order valence-electron chi connectivity index (χ1n) is 12.9. The summed E-state index contributed by atoms with van der Waals surface area (Å²) in [5.74, 6) is -0.506. The van der Waals surface area contributed by atoms with Crippen LogP contribution in [0.3, 0.4) is 0 Å².